The van der Waals surface area contributed by atoms with Gasteiger partial charge in [0.15, 0.2) is 0 Å². The van der Waals surface area contributed by atoms with Gasteiger partial charge in [0.1, 0.15) is 12.1 Å². The Balaban J connectivity index is 2.14. The van der Waals surface area contributed by atoms with Gasteiger partial charge in [0.05, 0.1) is 0 Å². The fraction of sp³-hybridized carbons (Fsp3) is 0.286. The van der Waals surface area contributed by atoms with Crippen molar-refractivity contribution in [2.45, 2.75) is 26.3 Å². The summed E-state index contributed by atoms with van der Waals surface area (Å²) in [6.45, 7) is 2.68. The molecule has 0 amide bonds. The maximum atomic E-state index is 5.62. The van der Waals surface area contributed by atoms with Gasteiger partial charge in [-0.15, -0.1) is 0 Å². The van der Waals surface area contributed by atoms with Crippen molar-refractivity contribution >= 4 is 11.5 Å². The van der Waals surface area contributed by atoms with Gasteiger partial charge in [-0.1, -0.05) is 25.5 Å². The van der Waals surface area contributed by atoms with E-state index in [0.717, 1.165) is 35.6 Å². The van der Waals surface area contributed by atoms with Gasteiger partial charge < -0.3 is 11.1 Å². The minimum atomic E-state index is 0.542. The lowest BCUT2D eigenvalue weighted by Crippen LogP contribution is -2.00. The third kappa shape index (κ3) is 3.28. The molecule has 0 aliphatic rings. The molecule has 2 rings (SSSR count). The molecule has 0 saturated carbocycles. The van der Waals surface area contributed by atoms with E-state index in [-0.39, 0.29) is 0 Å². The van der Waals surface area contributed by atoms with E-state index in [1.54, 1.807) is 6.33 Å². The van der Waals surface area contributed by atoms with Crippen LogP contribution in [-0.4, -0.2) is 9.97 Å². The smallest absolute Gasteiger partial charge is 0.133 e. The van der Waals surface area contributed by atoms with Gasteiger partial charge in [-0.25, -0.2) is 9.97 Å². The number of benzene rings is 1. The first-order valence-corrected chi connectivity index (χ1v) is 6.18. The minimum Gasteiger partial charge on any atom is -0.340 e. The molecule has 0 saturated heterocycles. The van der Waals surface area contributed by atoms with Gasteiger partial charge in [-0.05, 0) is 24.1 Å². The average Bonchev–Trinajstić information content (AvgIpc) is 2.40. The van der Waals surface area contributed by atoms with Gasteiger partial charge in [0.25, 0.3) is 0 Å². The number of aromatic nitrogens is 2. The topological polar surface area (TPSA) is 63.8 Å². The van der Waals surface area contributed by atoms with Crippen molar-refractivity contribution in [2.75, 3.05) is 5.32 Å². The lowest BCUT2D eigenvalue weighted by Gasteiger charge is -2.07. The molecule has 0 aliphatic heterocycles. The second-order valence-electron chi connectivity index (χ2n) is 4.17. The Kier molecular flexibility index (Phi) is 4.25. The summed E-state index contributed by atoms with van der Waals surface area (Å²) in [5.41, 5.74) is 8.78. The average molecular weight is 242 g/mol. The molecule has 3 N–H and O–H groups in total. The zero-order chi connectivity index (χ0) is 12.8. The molecule has 0 unspecified atom stereocenters. The zero-order valence-corrected chi connectivity index (χ0v) is 10.6. The van der Waals surface area contributed by atoms with Crippen LogP contribution in [0.1, 0.15) is 24.6 Å². The van der Waals surface area contributed by atoms with E-state index in [0.29, 0.717) is 6.54 Å². The first-order chi connectivity index (χ1) is 8.81. The molecule has 1 aromatic heterocycles. The van der Waals surface area contributed by atoms with E-state index in [4.69, 9.17) is 5.73 Å². The highest BCUT2D eigenvalue weighted by Gasteiger charge is 2.00. The highest BCUT2D eigenvalue weighted by Crippen LogP contribution is 2.16. The SMILES string of the molecule is CCCc1cc(Nc2cccc(CN)c2)ncn1. The largest absolute Gasteiger partial charge is 0.340 e. The summed E-state index contributed by atoms with van der Waals surface area (Å²) in [6.07, 6.45) is 3.65. The summed E-state index contributed by atoms with van der Waals surface area (Å²) in [7, 11) is 0. The number of rotatable bonds is 5. The number of hydrogen-bond donors (Lipinski definition) is 2. The number of aryl methyl sites for hydroxylation is 1. The van der Waals surface area contributed by atoms with Crippen LogP contribution in [0.2, 0.25) is 0 Å². The van der Waals surface area contributed by atoms with Crippen LogP contribution in [0.4, 0.5) is 11.5 Å². The van der Waals surface area contributed by atoms with E-state index in [2.05, 4.69) is 22.2 Å². The van der Waals surface area contributed by atoms with Crippen molar-refractivity contribution < 1.29 is 0 Å². The van der Waals surface area contributed by atoms with Gasteiger partial charge in [-0.2, -0.15) is 0 Å². The summed E-state index contributed by atoms with van der Waals surface area (Å²) in [6, 6.07) is 10.0. The Hall–Kier alpha value is -1.94. The second-order valence-corrected chi connectivity index (χ2v) is 4.17. The first kappa shape index (κ1) is 12.5. The molecule has 0 aliphatic carbocycles. The predicted molar refractivity (Wildman–Crippen MR) is 73.6 cm³/mol. The van der Waals surface area contributed by atoms with E-state index in [1.165, 1.54) is 0 Å². The van der Waals surface area contributed by atoms with Crippen LogP contribution in [0.5, 0.6) is 0 Å². The molecule has 2 aromatic rings. The molecule has 18 heavy (non-hydrogen) atoms. The molecule has 1 heterocycles. The third-order valence-electron chi connectivity index (χ3n) is 2.66. The predicted octanol–water partition coefficient (Wildman–Crippen LogP) is 2.63. The van der Waals surface area contributed by atoms with E-state index < -0.39 is 0 Å². The zero-order valence-electron chi connectivity index (χ0n) is 10.6. The summed E-state index contributed by atoms with van der Waals surface area (Å²) in [5, 5.41) is 3.27. The fourth-order valence-corrected chi connectivity index (χ4v) is 1.78. The molecular weight excluding hydrogens is 224 g/mol. The quantitative estimate of drug-likeness (QED) is 0.846. The van der Waals surface area contributed by atoms with Crippen molar-refractivity contribution in [1.29, 1.82) is 0 Å². The van der Waals surface area contributed by atoms with Gasteiger partial charge in [0.2, 0.25) is 0 Å². The molecule has 4 nitrogen and oxygen atoms in total. The van der Waals surface area contributed by atoms with Crippen LogP contribution in [0.3, 0.4) is 0 Å². The van der Waals surface area contributed by atoms with Gasteiger partial charge in [-0.3, -0.25) is 0 Å². The monoisotopic (exact) mass is 242 g/mol. The number of nitrogens with zero attached hydrogens (tertiary/aromatic N) is 2. The van der Waals surface area contributed by atoms with Crippen molar-refractivity contribution in [3.63, 3.8) is 0 Å². The summed E-state index contributed by atoms with van der Waals surface area (Å²) in [5.74, 6) is 0.822. The molecule has 94 valence electrons. The maximum Gasteiger partial charge on any atom is 0.133 e. The Morgan fingerprint density at radius 2 is 2.11 bits per heavy atom. The molecule has 0 fully saturated rings. The summed E-state index contributed by atoms with van der Waals surface area (Å²) >= 11 is 0. The molecule has 0 radical (unpaired) electrons. The summed E-state index contributed by atoms with van der Waals surface area (Å²) < 4.78 is 0. The Labute approximate surface area is 107 Å². The lowest BCUT2D eigenvalue weighted by molar-refractivity contribution is 0.873. The Bertz CT molecular complexity index is 511. The molecule has 0 bridgehead atoms. The highest BCUT2D eigenvalue weighted by molar-refractivity contribution is 5.56. The lowest BCUT2D eigenvalue weighted by atomic mass is 10.2. The molecule has 4 heteroatoms. The van der Waals surface area contributed by atoms with Gasteiger partial charge in [0, 0.05) is 24.0 Å². The maximum absolute atomic E-state index is 5.62. The fourth-order valence-electron chi connectivity index (χ4n) is 1.78. The molecular formula is C14H18N4. The van der Waals surface area contributed by atoms with Crippen LogP contribution >= 0.6 is 0 Å². The van der Waals surface area contributed by atoms with Crippen molar-refractivity contribution in [3.8, 4) is 0 Å². The Morgan fingerprint density at radius 3 is 2.89 bits per heavy atom. The third-order valence-corrected chi connectivity index (χ3v) is 2.66. The van der Waals surface area contributed by atoms with E-state index >= 15 is 0 Å². The number of anilines is 2. The minimum absolute atomic E-state index is 0.542. The second kappa shape index (κ2) is 6.12. The summed E-state index contributed by atoms with van der Waals surface area (Å²) in [4.78, 5) is 8.45. The van der Waals surface area contributed by atoms with Crippen molar-refractivity contribution in [1.82, 2.24) is 9.97 Å². The van der Waals surface area contributed by atoms with Crippen LogP contribution in [0.15, 0.2) is 36.7 Å². The molecule has 1 aromatic carbocycles. The van der Waals surface area contributed by atoms with Crippen molar-refractivity contribution in [2.24, 2.45) is 5.73 Å². The standard InChI is InChI=1S/C14H18N4/c1-2-4-12-8-14(17-10-16-12)18-13-6-3-5-11(7-13)9-15/h3,5-8,10H,2,4,9,15H2,1H3,(H,16,17,18). The van der Waals surface area contributed by atoms with Crippen LogP contribution in [0.25, 0.3) is 0 Å². The van der Waals surface area contributed by atoms with Crippen LogP contribution in [-0.2, 0) is 13.0 Å². The van der Waals surface area contributed by atoms with Gasteiger partial charge >= 0.3 is 0 Å². The van der Waals surface area contributed by atoms with E-state index in [1.807, 2.05) is 30.3 Å². The van der Waals surface area contributed by atoms with Crippen LogP contribution in [0, 0.1) is 0 Å². The number of nitrogens with one attached hydrogen (secondary N) is 1. The first-order valence-electron chi connectivity index (χ1n) is 6.18. The van der Waals surface area contributed by atoms with Crippen molar-refractivity contribution in [3.05, 3.63) is 47.9 Å². The molecule has 0 atom stereocenters. The molecule has 0 spiro atoms. The number of hydrogen-bond acceptors (Lipinski definition) is 4. The van der Waals surface area contributed by atoms with Crippen LogP contribution < -0.4 is 11.1 Å². The number of nitrogens with two attached hydrogens (primary N) is 1. The normalized spacial score (nSPS) is 10.3. The highest BCUT2D eigenvalue weighted by atomic mass is 15.0. The Morgan fingerprint density at radius 1 is 1.22 bits per heavy atom. The van der Waals surface area contributed by atoms with E-state index in [9.17, 15) is 0 Å².